The van der Waals surface area contributed by atoms with Crippen molar-refractivity contribution in [3.05, 3.63) is 29.0 Å². The lowest BCUT2D eigenvalue weighted by Crippen LogP contribution is -2.24. The summed E-state index contributed by atoms with van der Waals surface area (Å²) >= 11 is 12.2. The maximum Gasteiger partial charge on any atom is 0.0634 e. The Kier molecular flexibility index (Phi) is 6.10. The Balaban J connectivity index is 2.28. The van der Waals surface area contributed by atoms with Gasteiger partial charge in [-0.1, -0.05) is 25.4 Å². The number of nitrogens with zero attached hydrogens (tertiary/aromatic N) is 1. The van der Waals surface area contributed by atoms with Crippen LogP contribution in [0.15, 0.2) is 18.5 Å². The fraction of sp³-hybridized carbons (Fsp3) is 0.583. The average molecular weight is 261 g/mol. The Morgan fingerprint density at radius 1 is 1.44 bits per heavy atom. The molecule has 0 bridgehead atoms. The lowest BCUT2D eigenvalue weighted by molar-refractivity contribution is 0.533. The molecule has 1 unspecified atom stereocenters. The second-order valence-electron chi connectivity index (χ2n) is 4.32. The smallest absolute Gasteiger partial charge is 0.0634 e. The predicted molar refractivity (Wildman–Crippen MR) is 70.0 cm³/mol. The highest BCUT2D eigenvalue weighted by atomic mass is 35.5. The minimum absolute atomic E-state index is 0.181. The van der Waals surface area contributed by atoms with Crippen LogP contribution in [0.2, 0.25) is 5.02 Å². The normalized spacial score (nSPS) is 13.1. The summed E-state index contributed by atoms with van der Waals surface area (Å²) in [6, 6.07) is 1.92. The van der Waals surface area contributed by atoms with Crippen molar-refractivity contribution in [3.63, 3.8) is 0 Å². The zero-order valence-corrected chi connectivity index (χ0v) is 11.2. The molecule has 0 saturated carbocycles. The topological polar surface area (TPSA) is 24.9 Å². The van der Waals surface area contributed by atoms with Crippen molar-refractivity contribution in [2.24, 2.45) is 5.92 Å². The van der Waals surface area contributed by atoms with Crippen molar-refractivity contribution in [2.45, 2.75) is 32.2 Å². The molecule has 0 radical (unpaired) electrons. The predicted octanol–water partition coefficient (Wildman–Crippen LogP) is 3.48. The van der Waals surface area contributed by atoms with Crippen molar-refractivity contribution < 1.29 is 0 Å². The molecule has 1 rings (SSSR count). The van der Waals surface area contributed by atoms with Gasteiger partial charge < -0.3 is 5.32 Å². The van der Waals surface area contributed by atoms with E-state index in [1.807, 2.05) is 6.07 Å². The quantitative estimate of drug-likeness (QED) is 0.793. The standard InChI is InChI=1S/C12H18Cl2N2/c1-9(2)5-11(13)7-16-6-10-3-4-15-8-12(10)14/h3-4,8-9,11,16H,5-7H2,1-2H3. The molecule has 0 spiro atoms. The van der Waals surface area contributed by atoms with Crippen molar-refractivity contribution in [1.82, 2.24) is 10.3 Å². The van der Waals surface area contributed by atoms with Gasteiger partial charge in [-0.3, -0.25) is 4.98 Å². The van der Waals surface area contributed by atoms with E-state index in [-0.39, 0.29) is 5.38 Å². The lowest BCUT2D eigenvalue weighted by atomic mass is 10.1. The Morgan fingerprint density at radius 2 is 2.19 bits per heavy atom. The molecule has 1 aromatic heterocycles. The fourth-order valence-electron chi connectivity index (χ4n) is 1.51. The van der Waals surface area contributed by atoms with Crippen LogP contribution in [0.3, 0.4) is 0 Å². The first-order chi connectivity index (χ1) is 7.59. The Hall–Kier alpha value is -0.310. The van der Waals surface area contributed by atoms with E-state index in [9.17, 15) is 0 Å². The third-order valence-electron chi connectivity index (χ3n) is 2.26. The van der Waals surface area contributed by atoms with Crippen LogP contribution >= 0.6 is 23.2 Å². The van der Waals surface area contributed by atoms with Gasteiger partial charge in [0.2, 0.25) is 0 Å². The molecule has 0 fully saturated rings. The molecule has 4 heteroatoms. The van der Waals surface area contributed by atoms with Gasteiger partial charge in [-0.05, 0) is 24.0 Å². The first kappa shape index (κ1) is 13.8. The molecule has 0 aliphatic carbocycles. The highest BCUT2D eigenvalue weighted by molar-refractivity contribution is 6.31. The number of aromatic nitrogens is 1. The van der Waals surface area contributed by atoms with Gasteiger partial charge in [-0.15, -0.1) is 11.6 Å². The number of halogens is 2. The molecular formula is C12H18Cl2N2. The van der Waals surface area contributed by atoms with Crippen LogP contribution in [-0.4, -0.2) is 16.9 Å². The molecule has 0 aromatic carbocycles. The summed E-state index contributed by atoms with van der Waals surface area (Å²) in [6.45, 7) is 5.89. The SMILES string of the molecule is CC(C)CC(Cl)CNCc1ccncc1Cl. The first-order valence-electron chi connectivity index (χ1n) is 5.52. The minimum Gasteiger partial charge on any atom is -0.311 e. The number of hydrogen-bond donors (Lipinski definition) is 1. The summed E-state index contributed by atoms with van der Waals surface area (Å²) in [7, 11) is 0. The maximum atomic E-state index is 6.17. The molecule has 1 atom stereocenters. The average Bonchev–Trinajstić information content (AvgIpc) is 2.19. The minimum atomic E-state index is 0.181. The summed E-state index contributed by atoms with van der Waals surface area (Å²) in [5.74, 6) is 0.633. The van der Waals surface area contributed by atoms with Crippen molar-refractivity contribution in [1.29, 1.82) is 0 Å². The van der Waals surface area contributed by atoms with Gasteiger partial charge in [0, 0.05) is 30.9 Å². The van der Waals surface area contributed by atoms with E-state index >= 15 is 0 Å². The first-order valence-corrected chi connectivity index (χ1v) is 6.34. The highest BCUT2D eigenvalue weighted by Crippen LogP contribution is 2.13. The second-order valence-corrected chi connectivity index (χ2v) is 5.35. The number of nitrogens with one attached hydrogen (secondary N) is 1. The highest BCUT2D eigenvalue weighted by Gasteiger charge is 2.07. The van der Waals surface area contributed by atoms with Gasteiger partial charge in [0.1, 0.15) is 0 Å². The zero-order chi connectivity index (χ0) is 12.0. The summed E-state index contributed by atoms with van der Waals surface area (Å²) in [5.41, 5.74) is 1.06. The van der Waals surface area contributed by atoms with Crippen LogP contribution in [-0.2, 0) is 6.54 Å². The van der Waals surface area contributed by atoms with Crippen LogP contribution in [0.5, 0.6) is 0 Å². The Morgan fingerprint density at radius 3 is 2.81 bits per heavy atom. The summed E-state index contributed by atoms with van der Waals surface area (Å²) in [4.78, 5) is 3.94. The zero-order valence-electron chi connectivity index (χ0n) is 9.71. The van der Waals surface area contributed by atoms with E-state index in [1.165, 1.54) is 0 Å². The molecule has 0 amide bonds. The molecule has 0 saturated heterocycles. The number of hydrogen-bond acceptors (Lipinski definition) is 2. The number of rotatable bonds is 6. The van der Waals surface area contributed by atoms with Gasteiger partial charge in [-0.25, -0.2) is 0 Å². The molecule has 16 heavy (non-hydrogen) atoms. The number of pyridine rings is 1. The second kappa shape index (κ2) is 7.10. The molecular weight excluding hydrogens is 243 g/mol. The molecule has 1 aromatic rings. The fourth-order valence-corrected chi connectivity index (χ4v) is 2.16. The van der Waals surface area contributed by atoms with E-state index < -0.39 is 0 Å². The van der Waals surface area contributed by atoms with Crippen molar-refractivity contribution in [3.8, 4) is 0 Å². The molecule has 1 heterocycles. The van der Waals surface area contributed by atoms with Gasteiger partial charge in [-0.2, -0.15) is 0 Å². The summed E-state index contributed by atoms with van der Waals surface area (Å²) in [6.07, 6.45) is 4.43. The molecule has 1 N–H and O–H groups in total. The van der Waals surface area contributed by atoms with Gasteiger partial charge >= 0.3 is 0 Å². The van der Waals surface area contributed by atoms with E-state index in [2.05, 4.69) is 24.1 Å². The van der Waals surface area contributed by atoms with Gasteiger partial charge in [0.05, 0.1) is 5.02 Å². The summed E-state index contributed by atoms with van der Waals surface area (Å²) < 4.78 is 0. The largest absolute Gasteiger partial charge is 0.311 e. The van der Waals surface area contributed by atoms with E-state index in [0.29, 0.717) is 10.9 Å². The van der Waals surface area contributed by atoms with E-state index in [0.717, 1.165) is 25.1 Å². The third-order valence-corrected chi connectivity index (χ3v) is 2.94. The van der Waals surface area contributed by atoms with Gasteiger partial charge in [0.25, 0.3) is 0 Å². The van der Waals surface area contributed by atoms with Crippen LogP contribution in [0.1, 0.15) is 25.8 Å². The van der Waals surface area contributed by atoms with Gasteiger partial charge in [0.15, 0.2) is 0 Å². The van der Waals surface area contributed by atoms with E-state index in [1.54, 1.807) is 12.4 Å². The molecule has 0 aliphatic rings. The van der Waals surface area contributed by atoms with Crippen LogP contribution in [0.25, 0.3) is 0 Å². The monoisotopic (exact) mass is 260 g/mol. The van der Waals surface area contributed by atoms with Crippen LogP contribution in [0.4, 0.5) is 0 Å². The molecule has 0 aliphatic heterocycles. The van der Waals surface area contributed by atoms with Crippen LogP contribution in [0, 0.1) is 5.92 Å². The lowest BCUT2D eigenvalue weighted by Gasteiger charge is -2.13. The van der Waals surface area contributed by atoms with E-state index in [4.69, 9.17) is 23.2 Å². The van der Waals surface area contributed by atoms with Crippen molar-refractivity contribution in [2.75, 3.05) is 6.54 Å². The summed E-state index contributed by atoms with van der Waals surface area (Å²) in [5, 5.41) is 4.18. The Labute approximate surface area is 107 Å². The maximum absolute atomic E-state index is 6.17. The number of alkyl halides is 1. The van der Waals surface area contributed by atoms with Crippen molar-refractivity contribution >= 4 is 23.2 Å². The van der Waals surface area contributed by atoms with Crippen LogP contribution < -0.4 is 5.32 Å². The third kappa shape index (κ3) is 5.15. The molecule has 2 nitrogen and oxygen atoms in total. The molecule has 90 valence electrons. The Bertz CT molecular complexity index is 316.